The molecule has 1 aliphatic rings. The SMILES string of the molecule is CC(=NNC(=O)C1CCC(C(C)(C)C)CC1)c1ccc(Cl)c(Cl)c1. The minimum absolute atomic E-state index is 0.0155. The van der Waals surface area contributed by atoms with Crippen LogP contribution in [0.3, 0.4) is 0 Å². The van der Waals surface area contributed by atoms with E-state index < -0.39 is 0 Å². The van der Waals surface area contributed by atoms with Gasteiger partial charge in [-0.15, -0.1) is 0 Å². The third-order valence-corrected chi connectivity index (χ3v) is 5.73. The van der Waals surface area contributed by atoms with Gasteiger partial charge < -0.3 is 0 Å². The fourth-order valence-corrected chi connectivity index (χ4v) is 3.54. The van der Waals surface area contributed by atoms with Gasteiger partial charge in [-0.25, -0.2) is 5.43 Å². The van der Waals surface area contributed by atoms with E-state index in [9.17, 15) is 4.79 Å². The molecule has 3 nitrogen and oxygen atoms in total. The van der Waals surface area contributed by atoms with Crippen molar-refractivity contribution in [1.29, 1.82) is 0 Å². The van der Waals surface area contributed by atoms with Gasteiger partial charge in [-0.2, -0.15) is 5.10 Å². The van der Waals surface area contributed by atoms with Crippen LogP contribution >= 0.6 is 23.2 Å². The lowest BCUT2D eigenvalue weighted by molar-refractivity contribution is -0.126. The maximum atomic E-state index is 12.3. The molecule has 0 unspecified atom stereocenters. The van der Waals surface area contributed by atoms with Crippen LogP contribution in [0.5, 0.6) is 0 Å². The minimum Gasteiger partial charge on any atom is -0.273 e. The lowest BCUT2D eigenvalue weighted by Gasteiger charge is -2.36. The standard InChI is InChI=1S/C19H26Cl2N2O/c1-12(14-7-10-16(20)17(21)11-14)22-23-18(24)13-5-8-15(9-6-13)19(2,3)4/h7,10-11,13,15H,5-6,8-9H2,1-4H3,(H,23,24). The van der Waals surface area contributed by atoms with Crippen LogP contribution in [0.4, 0.5) is 0 Å². The van der Waals surface area contributed by atoms with Gasteiger partial charge in [-0.1, -0.05) is 50.0 Å². The zero-order chi connectivity index (χ0) is 17.9. The van der Waals surface area contributed by atoms with Crippen LogP contribution in [0.1, 0.15) is 58.9 Å². The Morgan fingerprint density at radius 1 is 1.12 bits per heavy atom. The van der Waals surface area contributed by atoms with Gasteiger partial charge >= 0.3 is 0 Å². The maximum Gasteiger partial charge on any atom is 0.243 e. The van der Waals surface area contributed by atoms with Crippen molar-refractivity contribution in [2.75, 3.05) is 0 Å². The largest absolute Gasteiger partial charge is 0.273 e. The van der Waals surface area contributed by atoms with Crippen LogP contribution < -0.4 is 5.43 Å². The Bertz CT molecular complexity index is 627. The highest BCUT2D eigenvalue weighted by Crippen LogP contribution is 2.39. The van der Waals surface area contributed by atoms with E-state index in [4.69, 9.17) is 23.2 Å². The molecule has 1 aliphatic carbocycles. The van der Waals surface area contributed by atoms with Crippen molar-refractivity contribution in [3.63, 3.8) is 0 Å². The van der Waals surface area contributed by atoms with E-state index >= 15 is 0 Å². The molecule has 1 saturated carbocycles. The molecule has 0 spiro atoms. The number of rotatable bonds is 3. The van der Waals surface area contributed by atoms with Crippen molar-refractivity contribution in [2.24, 2.45) is 22.4 Å². The first-order valence-corrected chi connectivity index (χ1v) is 9.23. The van der Waals surface area contributed by atoms with Gasteiger partial charge in [0.25, 0.3) is 0 Å². The Morgan fingerprint density at radius 2 is 1.75 bits per heavy atom. The summed E-state index contributed by atoms with van der Waals surface area (Å²) in [7, 11) is 0. The maximum absolute atomic E-state index is 12.3. The first-order valence-electron chi connectivity index (χ1n) is 8.48. The Hall–Kier alpha value is -1.06. The average molecular weight is 369 g/mol. The molecule has 0 bridgehead atoms. The lowest BCUT2D eigenvalue weighted by Crippen LogP contribution is -2.33. The molecule has 0 saturated heterocycles. The summed E-state index contributed by atoms with van der Waals surface area (Å²) in [6, 6.07) is 5.32. The summed E-state index contributed by atoms with van der Waals surface area (Å²) < 4.78 is 0. The number of amides is 1. The molecule has 1 aromatic rings. The van der Waals surface area contributed by atoms with E-state index in [1.165, 1.54) is 0 Å². The number of benzene rings is 1. The number of hydrogen-bond donors (Lipinski definition) is 1. The van der Waals surface area contributed by atoms with Crippen molar-refractivity contribution in [3.05, 3.63) is 33.8 Å². The third kappa shape index (κ3) is 4.97. The summed E-state index contributed by atoms with van der Waals surface area (Å²) in [5.74, 6) is 0.777. The summed E-state index contributed by atoms with van der Waals surface area (Å²) in [6.45, 7) is 8.69. The van der Waals surface area contributed by atoms with E-state index in [-0.39, 0.29) is 11.8 Å². The highest BCUT2D eigenvalue weighted by molar-refractivity contribution is 6.42. The number of nitrogens with one attached hydrogen (secondary N) is 1. The molecule has 1 amide bonds. The highest BCUT2D eigenvalue weighted by Gasteiger charge is 2.32. The number of carbonyl (C=O) groups is 1. The minimum atomic E-state index is 0.0155. The van der Waals surface area contributed by atoms with Crippen LogP contribution in [0.25, 0.3) is 0 Å². The van der Waals surface area contributed by atoms with Gasteiger partial charge in [0, 0.05) is 5.92 Å². The van der Waals surface area contributed by atoms with E-state index in [0.717, 1.165) is 31.2 Å². The van der Waals surface area contributed by atoms with E-state index in [2.05, 4.69) is 31.3 Å². The molecule has 0 atom stereocenters. The van der Waals surface area contributed by atoms with Crippen LogP contribution in [0, 0.1) is 17.3 Å². The molecule has 0 heterocycles. The molecule has 1 N–H and O–H groups in total. The molecular formula is C19H26Cl2N2O. The van der Waals surface area contributed by atoms with Gasteiger partial charge in [0.2, 0.25) is 5.91 Å². The second-order valence-corrected chi connectivity index (χ2v) is 8.53. The zero-order valence-electron chi connectivity index (χ0n) is 14.8. The van der Waals surface area contributed by atoms with Gasteiger partial charge in [0.1, 0.15) is 0 Å². The van der Waals surface area contributed by atoms with E-state index in [0.29, 0.717) is 27.1 Å². The lowest BCUT2D eigenvalue weighted by atomic mass is 9.70. The fraction of sp³-hybridized carbons (Fsp3) is 0.579. The Morgan fingerprint density at radius 3 is 2.29 bits per heavy atom. The predicted molar refractivity (Wildman–Crippen MR) is 102 cm³/mol. The summed E-state index contributed by atoms with van der Waals surface area (Å²) >= 11 is 11.9. The summed E-state index contributed by atoms with van der Waals surface area (Å²) in [5.41, 5.74) is 4.60. The molecular weight excluding hydrogens is 343 g/mol. The van der Waals surface area contributed by atoms with Crippen molar-refractivity contribution in [1.82, 2.24) is 5.43 Å². The number of hydrazone groups is 1. The number of hydrogen-bond acceptors (Lipinski definition) is 2. The summed E-state index contributed by atoms with van der Waals surface area (Å²) in [4.78, 5) is 12.3. The Labute approximate surface area is 154 Å². The summed E-state index contributed by atoms with van der Waals surface area (Å²) in [5, 5.41) is 5.21. The zero-order valence-corrected chi connectivity index (χ0v) is 16.3. The first kappa shape index (κ1) is 19.3. The second-order valence-electron chi connectivity index (χ2n) is 7.72. The topological polar surface area (TPSA) is 41.5 Å². The van der Waals surface area contributed by atoms with E-state index in [1.54, 1.807) is 12.1 Å². The molecule has 2 rings (SSSR count). The first-order chi connectivity index (χ1) is 11.2. The monoisotopic (exact) mass is 368 g/mol. The van der Waals surface area contributed by atoms with Crippen LogP contribution in [0.2, 0.25) is 10.0 Å². The number of nitrogens with zero attached hydrogens (tertiary/aromatic N) is 1. The molecule has 24 heavy (non-hydrogen) atoms. The fourth-order valence-electron chi connectivity index (χ4n) is 3.24. The van der Waals surface area contributed by atoms with Gasteiger partial charge in [-0.3, -0.25) is 4.79 Å². The smallest absolute Gasteiger partial charge is 0.243 e. The highest BCUT2D eigenvalue weighted by atomic mass is 35.5. The number of carbonyl (C=O) groups excluding carboxylic acids is 1. The van der Waals surface area contributed by atoms with Crippen molar-refractivity contribution >= 4 is 34.8 Å². The van der Waals surface area contributed by atoms with Crippen molar-refractivity contribution in [3.8, 4) is 0 Å². The third-order valence-electron chi connectivity index (χ3n) is 4.99. The molecule has 1 aromatic carbocycles. The van der Waals surface area contributed by atoms with Crippen molar-refractivity contribution < 1.29 is 4.79 Å². The molecule has 0 aromatic heterocycles. The quantitative estimate of drug-likeness (QED) is 0.540. The molecule has 0 aliphatic heterocycles. The molecule has 132 valence electrons. The van der Waals surface area contributed by atoms with Gasteiger partial charge in [-0.05, 0) is 61.6 Å². The van der Waals surface area contributed by atoms with Crippen LogP contribution in [0.15, 0.2) is 23.3 Å². The predicted octanol–water partition coefficient (Wildman–Crippen LogP) is 5.69. The molecule has 5 heteroatoms. The van der Waals surface area contributed by atoms with E-state index in [1.807, 2.05) is 13.0 Å². The van der Waals surface area contributed by atoms with Crippen molar-refractivity contribution in [2.45, 2.75) is 53.4 Å². The molecule has 0 radical (unpaired) electrons. The molecule has 1 fully saturated rings. The second kappa shape index (κ2) is 7.88. The Kier molecular flexibility index (Phi) is 6.33. The summed E-state index contributed by atoms with van der Waals surface area (Å²) in [6.07, 6.45) is 4.10. The van der Waals surface area contributed by atoms with Gasteiger partial charge in [0.05, 0.1) is 15.8 Å². The normalized spacial score (nSPS) is 22.3. The van der Waals surface area contributed by atoms with Crippen LogP contribution in [-0.2, 0) is 4.79 Å². The van der Waals surface area contributed by atoms with Gasteiger partial charge in [0.15, 0.2) is 0 Å². The average Bonchev–Trinajstić information content (AvgIpc) is 2.54. The Balaban J connectivity index is 1.92. The van der Waals surface area contributed by atoms with Crippen LogP contribution in [-0.4, -0.2) is 11.6 Å². The number of halogens is 2.